The van der Waals surface area contributed by atoms with Gasteiger partial charge in [0.25, 0.3) is 5.22 Å². The van der Waals surface area contributed by atoms with Crippen LogP contribution in [0.3, 0.4) is 0 Å². The van der Waals surface area contributed by atoms with Gasteiger partial charge in [0, 0.05) is 10.6 Å². The number of rotatable bonds is 3. The van der Waals surface area contributed by atoms with E-state index in [9.17, 15) is 0 Å². The Bertz CT molecular complexity index is 564. The Morgan fingerprint density at radius 2 is 2.29 bits per heavy atom. The molecule has 0 amide bonds. The highest BCUT2D eigenvalue weighted by molar-refractivity contribution is 7.99. The smallest absolute Gasteiger partial charge is 0.278 e. The van der Waals surface area contributed by atoms with Crippen LogP contribution in [-0.2, 0) is 0 Å². The summed E-state index contributed by atoms with van der Waals surface area (Å²) >= 11 is 7.10. The summed E-state index contributed by atoms with van der Waals surface area (Å²) in [5.74, 6) is 0.403. The van der Waals surface area contributed by atoms with Gasteiger partial charge in [-0.1, -0.05) is 17.7 Å². The van der Waals surface area contributed by atoms with E-state index >= 15 is 0 Å². The van der Waals surface area contributed by atoms with E-state index in [0.29, 0.717) is 16.1 Å². The van der Waals surface area contributed by atoms with E-state index in [1.54, 1.807) is 19.1 Å². The molecule has 86 valence electrons. The van der Waals surface area contributed by atoms with E-state index in [4.69, 9.17) is 21.3 Å². The molecule has 1 aromatic carbocycles. The van der Waals surface area contributed by atoms with Crippen LogP contribution in [-0.4, -0.2) is 15.4 Å². The molecule has 0 saturated heterocycles. The number of nitriles is 1. The monoisotopic (exact) mass is 265 g/mol. The lowest BCUT2D eigenvalue weighted by Crippen LogP contribution is -1.88. The van der Waals surface area contributed by atoms with Crippen LogP contribution in [0.15, 0.2) is 33.9 Å². The van der Waals surface area contributed by atoms with Crippen molar-refractivity contribution < 1.29 is 4.42 Å². The van der Waals surface area contributed by atoms with Gasteiger partial charge >= 0.3 is 0 Å². The highest BCUT2D eigenvalue weighted by Crippen LogP contribution is 2.26. The van der Waals surface area contributed by atoms with Gasteiger partial charge in [0.15, 0.2) is 0 Å². The molecule has 0 radical (unpaired) electrons. The summed E-state index contributed by atoms with van der Waals surface area (Å²) in [4.78, 5) is 0. The molecule has 0 aliphatic carbocycles. The summed E-state index contributed by atoms with van der Waals surface area (Å²) in [6.45, 7) is 1.77. The summed E-state index contributed by atoms with van der Waals surface area (Å²) in [7, 11) is 0. The van der Waals surface area contributed by atoms with Crippen molar-refractivity contribution in [3.63, 3.8) is 0 Å². The minimum absolute atomic E-state index is 0.220. The van der Waals surface area contributed by atoms with Crippen LogP contribution in [0, 0.1) is 11.3 Å². The molecule has 0 spiro atoms. The standard InChI is InChI=1S/C11H8ClN3OS/c1-7(6-13)17-11-15-14-10(16-11)8-3-2-4-9(12)5-8/h2-5,7H,1H3/t7-/m0/s1. The molecule has 0 unspecified atom stereocenters. The van der Waals surface area contributed by atoms with Crippen molar-refractivity contribution in [2.45, 2.75) is 17.4 Å². The molecule has 0 N–H and O–H groups in total. The van der Waals surface area contributed by atoms with Gasteiger partial charge in [-0.15, -0.1) is 10.2 Å². The number of halogens is 1. The summed E-state index contributed by atoms with van der Waals surface area (Å²) in [5.41, 5.74) is 0.765. The SMILES string of the molecule is C[C@@H](C#N)Sc1nnc(-c2cccc(Cl)c2)o1. The molecule has 0 fully saturated rings. The number of hydrogen-bond donors (Lipinski definition) is 0. The molecule has 2 aromatic rings. The van der Waals surface area contributed by atoms with Crippen molar-refractivity contribution in [3.8, 4) is 17.5 Å². The Labute approximate surface area is 108 Å². The van der Waals surface area contributed by atoms with Crippen molar-refractivity contribution in [2.24, 2.45) is 0 Å². The van der Waals surface area contributed by atoms with Crippen molar-refractivity contribution in [1.82, 2.24) is 10.2 Å². The second kappa shape index (κ2) is 5.21. The van der Waals surface area contributed by atoms with E-state index in [0.717, 1.165) is 5.56 Å². The lowest BCUT2D eigenvalue weighted by atomic mass is 10.2. The maximum absolute atomic E-state index is 8.68. The number of aromatic nitrogens is 2. The number of nitrogens with zero attached hydrogens (tertiary/aromatic N) is 3. The van der Waals surface area contributed by atoms with Crippen molar-refractivity contribution in [1.29, 1.82) is 5.26 Å². The summed E-state index contributed by atoms with van der Waals surface area (Å²) < 4.78 is 5.43. The predicted molar refractivity (Wildman–Crippen MR) is 65.7 cm³/mol. The van der Waals surface area contributed by atoms with Crippen molar-refractivity contribution in [3.05, 3.63) is 29.3 Å². The normalized spacial score (nSPS) is 12.1. The number of benzene rings is 1. The molecule has 0 aliphatic rings. The van der Waals surface area contributed by atoms with E-state index in [1.165, 1.54) is 11.8 Å². The first-order valence-electron chi connectivity index (χ1n) is 4.85. The Balaban J connectivity index is 2.21. The minimum Gasteiger partial charge on any atom is -0.411 e. The van der Waals surface area contributed by atoms with Gasteiger partial charge in [0.05, 0.1) is 11.3 Å². The van der Waals surface area contributed by atoms with Gasteiger partial charge in [-0.3, -0.25) is 0 Å². The Morgan fingerprint density at radius 3 is 3.00 bits per heavy atom. The zero-order valence-corrected chi connectivity index (χ0v) is 10.5. The van der Waals surface area contributed by atoms with E-state index in [2.05, 4.69) is 16.3 Å². The molecule has 6 heteroatoms. The second-order valence-electron chi connectivity index (χ2n) is 3.27. The Morgan fingerprint density at radius 1 is 1.47 bits per heavy atom. The first-order chi connectivity index (χ1) is 8.19. The molecule has 4 nitrogen and oxygen atoms in total. The van der Waals surface area contributed by atoms with E-state index in [1.807, 2.05) is 12.1 Å². The molecule has 17 heavy (non-hydrogen) atoms. The third-order valence-corrected chi connectivity index (χ3v) is 3.00. The highest BCUT2D eigenvalue weighted by atomic mass is 35.5. The lowest BCUT2D eigenvalue weighted by molar-refractivity contribution is 0.465. The van der Waals surface area contributed by atoms with Crippen LogP contribution in [0.2, 0.25) is 5.02 Å². The summed E-state index contributed by atoms with van der Waals surface area (Å²) in [6.07, 6.45) is 0. The fourth-order valence-electron chi connectivity index (χ4n) is 1.17. The van der Waals surface area contributed by atoms with Gasteiger partial charge in [-0.2, -0.15) is 5.26 Å². The van der Waals surface area contributed by atoms with Gasteiger partial charge < -0.3 is 4.42 Å². The molecular formula is C11H8ClN3OS. The van der Waals surface area contributed by atoms with Crippen molar-refractivity contribution >= 4 is 23.4 Å². The summed E-state index contributed by atoms with van der Waals surface area (Å²) in [6, 6.07) is 9.25. The largest absolute Gasteiger partial charge is 0.411 e. The lowest BCUT2D eigenvalue weighted by Gasteiger charge is -1.96. The second-order valence-corrected chi connectivity index (χ2v) is 5.00. The highest BCUT2D eigenvalue weighted by Gasteiger charge is 2.12. The summed E-state index contributed by atoms with van der Waals surface area (Å²) in [5, 5.41) is 17.2. The maximum Gasteiger partial charge on any atom is 0.278 e. The number of thioether (sulfide) groups is 1. The van der Waals surface area contributed by atoms with Crippen LogP contribution >= 0.6 is 23.4 Å². The zero-order valence-electron chi connectivity index (χ0n) is 8.92. The van der Waals surface area contributed by atoms with Gasteiger partial charge in [0.1, 0.15) is 0 Å². The van der Waals surface area contributed by atoms with Gasteiger partial charge in [-0.25, -0.2) is 0 Å². The molecule has 0 bridgehead atoms. The molecule has 2 rings (SSSR count). The average molecular weight is 266 g/mol. The van der Waals surface area contributed by atoms with Gasteiger partial charge in [0.2, 0.25) is 5.89 Å². The van der Waals surface area contributed by atoms with Crippen LogP contribution in [0.5, 0.6) is 0 Å². The Hall–Kier alpha value is -1.51. The van der Waals surface area contributed by atoms with E-state index in [-0.39, 0.29) is 5.25 Å². The Kier molecular flexibility index (Phi) is 3.67. The molecule has 0 saturated carbocycles. The van der Waals surface area contributed by atoms with Crippen LogP contribution < -0.4 is 0 Å². The fourth-order valence-corrected chi connectivity index (χ4v) is 1.93. The first kappa shape index (κ1) is 12.0. The molecular weight excluding hydrogens is 258 g/mol. The molecule has 1 heterocycles. The van der Waals surface area contributed by atoms with E-state index < -0.39 is 0 Å². The minimum atomic E-state index is -0.220. The molecule has 1 aromatic heterocycles. The average Bonchev–Trinajstić information content (AvgIpc) is 2.77. The third-order valence-electron chi connectivity index (χ3n) is 1.94. The van der Waals surface area contributed by atoms with Crippen molar-refractivity contribution in [2.75, 3.05) is 0 Å². The third kappa shape index (κ3) is 2.99. The molecule has 1 atom stereocenters. The van der Waals surface area contributed by atoms with Crippen LogP contribution in [0.1, 0.15) is 6.92 Å². The predicted octanol–water partition coefficient (Wildman–Crippen LogP) is 3.39. The first-order valence-corrected chi connectivity index (χ1v) is 6.10. The molecule has 0 aliphatic heterocycles. The number of hydrogen-bond acceptors (Lipinski definition) is 5. The van der Waals surface area contributed by atoms with Gasteiger partial charge in [-0.05, 0) is 36.9 Å². The maximum atomic E-state index is 8.68. The fraction of sp³-hybridized carbons (Fsp3) is 0.182. The topological polar surface area (TPSA) is 62.7 Å². The van der Waals surface area contributed by atoms with Crippen LogP contribution in [0.4, 0.5) is 0 Å². The zero-order chi connectivity index (χ0) is 12.3. The van der Waals surface area contributed by atoms with Crippen LogP contribution in [0.25, 0.3) is 11.5 Å². The quantitative estimate of drug-likeness (QED) is 0.796.